The van der Waals surface area contributed by atoms with Gasteiger partial charge in [-0.1, -0.05) is 20.8 Å². The molecule has 108 valence electrons. The molecule has 1 heterocycles. The molecule has 2 atom stereocenters. The molecule has 0 unspecified atom stereocenters. The summed E-state index contributed by atoms with van der Waals surface area (Å²) in [5.74, 6) is 0. The van der Waals surface area contributed by atoms with Crippen LogP contribution < -0.4 is 5.32 Å². The number of rotatable bonds is 4. The predicted molar refractivity (Wildman–Crippen MR) is 81.6 cm³/mol. The Labute approximate surface area is 114 Å². The minimum atomic E-state index is -1.58. The van der Waals surface area contributed by atoms with Gasteiger partial charge in [-0.05, 0) is 32.0 Å². The number of piperazine rings is 1. The molecule has 18 heavy (non-hydrogen) atoms. The second-order valence-electron chi connectivity index (χ2n) is 7.20. The first-order valence-electron chi connectivity index (χ1n) is 7.25. The van der Waals surface area contributed by atoms with Crippen molar-refractivity contribution in [3.8, 4) is 0 Å². The van der Waals surface area contributed by atoms with Crippen LogP contribution in [0.5, 0.6) is 0 Å². The molecular weight excluding hydrogens is 240 g/mol. The summed E-state index contributed by atoms with van der Waals surface area (Å²) >= 11 is 0. The third-order valence-electron chi connectivity index (χ3n) is 4.63. The maximum absolute atomic E-state index is 6.27. The summed E-state index contributed by atoms with van der Waals surface area (Å²) in [6, 6.07) is 1.24. The van der Waals surface area contributed by atoms with Crippen LogP contribution in [0.2, 0.25) is 18.1 Å². The second kappa shape index (κ2) is 6.03. The van der Waals surface area contributed by atoms with Crippen LogP contribution in [0.4, 0.5) is 0 Å². The Hall–Kier alpha value is 0.0969. The molecule has 0 saturated carbocycles. The van der Waals surface area contributed by atoms with Gasteiger partial charge in [-0.15, -0.1) is 0 Å². The first-order chi connectivity index (χ1) is 8.15. The number of hydrogen-bond acceptors (Lipinski definition) is 3. The van der Waals surface area contributed by atoms with E-state index < -0.39 is 8.32 Å². The van der Waals surface area contributed by atoms with Crippen LogP contribution in [0.25, 0.3) is 0 Å². The lowest BCUT2D eigenvalue weighted by molar-refractivity contribution is 0.0935. The van der Waals surface area contributed by atoms with E-state index in [2.05, 4.69) is 57.9 Å². The molecule has 1 rings (SSSR count). The first kappa shape index (κ1) is 16.2. The zero-order valence-electron chi connectivity index (χ0n) is 13.3. The zero-order chi connectivity index (χ0) is 14.0. The van der Waals surface area contributed by atoms with Gasteiger partial charge >= 0.3 is 0 Å². The van der Waals surface area contributed by atoms with Crippen LogP contribution in [-0.4, -0.2) is 51.5 Å². The van der Waals surface area contributed by atoms with Gasteiger partial charge in [-0.2, -0.15) is 0 Å². The van der Waals surface area contributed by atoms with E-state index in [-0.39, 0.29) is 0 Å². The van der Waals surface area contributed by atoms with E-state index in [1.807, 2.05) is 0 Å². The van der Waals surface area contributed by atoms with E-state index in [1.54, 1.807) is 0 Å². The van der Waals surface area contributed by atoms with Gasteiger partial charge in [0.1, 0.15) is 0 Å². The van der Waals surface area contributed by atoms with Crippen molar-refractivity contribution in [1.82, 2.24) is 10.2 Å². The second-order valence-corrected chi connectivity index (χ2v) is 12.0. The van der Waals surface area contributed by atoms with Gasteiger partial charge in [-0.25, -0.2) is 0 Å². The Kier molecular flexibility index (Phi) is 5.41. The fourth-order valence-corrected chi connectivity index (χ4v) is 3.27. The molecule has 0 aromatic rings. The molecule has 1 aliphatic rings. The van der Waals surface area contributed by atoms with Crippen molar-refractivity contribution in [3.05, 3.63) is 0 Å². The van der Waals surface area contributed by atoms with Crippen LogP contribution in [0.3, 0.4) is 0 Å². The van der Waals surface area contributed by atoms with Crippen LogP contribution in [0.1, 0.15) is 34.6 Å². The average molecular weight is 273 g/mol. The molecule has 0 aromatic heterocycles. The summed E-state index contributed by atoms with van der Waals surface area (Å²) in [7, 11) is -1.58. The number of nitrogens with zero attached hydrogens (tertiary/aromatic N) is 1. The summed E-state index contributed by atoms with van der Waals surface area (Å²) in [6.07, 6.45) is 0. The molecule has 1 saturated heterocycles. The van der Waals surface area contributed by atoms with E-state index in [0.717, 1.165) is 26.2 Å². The molecule has 1 N–H and O–H groups in total. The van der Waals surface area contributed by atoms with Gasteiger partial charge in [0.25, 0.3) is 0 Å². The Morgan fingerprint density at radius 3 is 2.11 bits per heavy atom. The van der Waals surface area contributed by atoms with E-state index in [9.17, 15) is 0 Å². The summed E-state index contributed by atoms with van der Waals surface area (Å²) in [6.45, 7) is 20.3. The molecule has 3 nitrogen and oxygen atoms in total. The number of hydrogen-bond donors (Lipinski definition) is 1. The van der Waals surface area contributed by atoms with E-state index in [1.165, 1.54) is 0 Å². The van der Waals surface area contributed by atoms with Gasteiger partial charge in [-0.3, -0.25) is 4.90 Å². The largest absolute Gasteiger partial charge is 0.416 e. The quantitative estimate of drug-likeness (QED) is 0.796. The minimum absolute atomic E-state index is 0.313. The van der Waals surface area contributed by atoms with Gasteiger partial charge in [0.05, 0.1) is 0 Å². The van der Waals surface area contributed by atoms with E-state index >= 15 is 0 Å². The van der Waals surface area contributed by atoms with Crippen molar-refractivity contribution in [3.63, 3.8) is 0 Å². The van der Waals surface area contributed by atoms with Crippen molar-refractivity contribution in [2.45, 2.75) is 64.8 Å². The Balaban J connectivity index is 2.41. The van der Waals surface area contributed by atoms with Crippen LogP contribution >= 0.6 is 0 Å². The standard InChI is InChI=1S/C14H32N2OSi/c1-12-10-15-11-13(2)16(12)8-9-17-18(6,7)14(3,4)5/h12-13,15H,8-11H2,1-7H3/t12-,13+. The van der Waals surface area contributed by atoms with Crippen LogP contribution in [-0.2, 0) is 4.43 Å². The van der Waals surface area contributed by atoms with Gasteiger partial charge in [0.15, 0.2) is 8.32 Å². The minimum Gasteiger partial charge on any atom is -0.416 e. The highest BCUT2D eigenvalue weighted by Gasteiger charge is 2.37. The molecule has 1 fully saturated rings. The van der Waals surface area contributed by atoms with Crippen molar-refractivity contribution < 1.29 is 4.43 Å². The molecule has 0 amide bonds. The average Bonchev–Trinajstić information content (AvgIpc) is 2.20. The Morgan fingerprint density at radius 1 is 1.17 bits per heavy atom. The molecule has 1 aliphatic heterocycles. The SMILES string of the molecule is C[C@@H]1CNC[C@H](C)N1CCO[Si](C)(C)C(C)(C)C. The molecular formula is C14H32N2OSi. The summed E-state index contributed by atoms with van der Waals surface area (Å²) in [5.41, 5.74) is 0. The third-order valence-corrected chi connectivity index (χ3v) is 9.17. The highest BCUT2D eigenvalue weighted by atomic mass is 28.4. The van der Waals surface area contributed by atoms with E-state index in [4.69, 9.17) is 4.43 Å². The van der Waals surface area contributed by atoms with Crippen LogP contribution in [0.15, 0.2) is 0 Å². The topological polar surface area (TPSA) is 24.5 Å². The van der Waals surface area contributed by atoms with Crippen molar-refractivity contribution in [2.75, 3.05) is 26.2 Å². The normalized spacial score (nSPS) is 27.5. The smallest absolute Gasteiger partial charge is 0.192 e. The summed E-state index contributed by atoms with van der Waals surface area (Å²) < 4.78 is 6.27. The highest BCUT2D eigenvalue weighted by Crippen LogP contribution is 2.36. The molecule has 4 heteroatoms. The van der Waals surface area contributed by atoms with Gasteiger partial charge in [0.2, 0.25) is 0 Å². The first-order valence-corrected chi connectivity index (χ1v) is 10.2. The van der Waals surface area contributed by atoms with Crippen molar-refractivity contribution in [1.29, 1.82) is 0 Å². The Bertz CT molecular complexity index is 253. The maximum Gasteiger partial charge on any atom is 0.192 e. The molecule has 0 radical (unpaired) electrons. The molecule has 0 spiro atoms. The fourth-order valence-electron chi connectivity index (χ4n) is 2.23. The molecule has 0 bridgehead atoms. The highest BCUT2D eigenvalue weighted by molar-refractivity contribution is 6.74. The van der Waals surface area contributed by atoms with E-state index in [0.29, 0.717) is 17.1 Å². The predicted octanol–water partition coefficient (Wildman–Crippen LogP) is 2.69. The van der Waals surface area contributed by atoms with Crippen LogP contribution in [0, 0.1) is 0 Å². The molecule has 0 aliphatic carbocycles. The van der Waals surface area contributed by atoms with Crippen molar-refractivity contribution >= 4 is 8.32 Å². The summed E-state index contributed by atoms with van der Waals surface area (Å²) in [4.78, 5) is 2.57. The monoisotopic (exact) mass is 272 g/mol. The third kappa shape index (κ3) is 4.05. The van der Waals surface area contributed by atoms with Gasteiger partial charge < -0.3 is 9.74 Å². The maximum atomic E-state index is 6.27. The van der Waals surface area contributed by atoms with Gasteiger partial charge in [0, 0.05) is 38.3 Å². The zero-order valence-corrected chi connectivity index (χ0v) is 14.3. The molecule has 0 aromatic carbocycles. The Morgan fingerprint density at radius 2 is 1.67 bits per heavy atom. The lowest BCUT2D eigenvalue weighted by Gasteiger charge is -2.41. The van der Waals surface area contributed by atoms with Crippen molar-refractivity contribution in [2.24, 2.45) is 0 Å². The summed E-state index contributed by atoms with van der Waals surface area (Å²) in [5, 5.41) is 3.78. The number of nitrogens with one attached hydrogen (secondary N) is 1. The fraction of sp³-hybridized carbons (Fsp3) is 1.00. The lowest BCUT2D eigenvalue weighted by Crippen LogP contribution is -2.56. The lowest BCUT2D eigenvalue weighted by atomic mass is 10.1.